The molecule has 176 valence electrons. The predicted molar refractivity (Wildman–Crippen MR) is 141 cm³/mol. The van der Waals surface area contributed by atoms with Gasteiger partial charge in [-0.1, -0.05) is 12.1 Å². The lowest BCUT2D eigenvalue weighted by Gasteiger charge is -2.56. The van der Waals surface area contributed by atoms with Crippen LogP contribution in [-0.2, 0) is 4.79 Å². The van der Waals surface area contributed by atoms with E-state index in [-0.39, 0.29) is 11.3 Å². The minimum Gasteiger partial charge on any atom is -0.495 e. The molecule has 7 rings (SSSR count). The smallest absolute Gasteiger partial charge is 0.226 e. The summed E-state index contributed by atoms with van der Waals surface area (Å²) in [6, 6.07) is 14.0. The van der Waals surface area contributed by atoms with E-state index in [1.165, 1.54) is 38.5 Å². The monoisotopic (exact) mass is 491 g/mol. The van der Waals surface area contributed by atoms with E-state index in [1.54, 1.807) is 18.4 Å². The molecule has 3 aromatic rings. The Kier molecular flexibility index (Phi) is 5.57. The number of thiazole rings is 1. The van der Waals surface area contributed by atoms with Crippen molar-refractivity contribution in [1.82, 2.24) is 10.3 Å². The first-order valence-corrected chi connectivity index (χ1v) is 13.4. The topological polar surface area (TPSA) is 63.2 Å². The SMILES string of the molecule is COc1ccc(-c2nc3ccccc3s2)cc1NC(=S)NC(=O)CC12CC3CC(CC(C3)C1)C2. The van der Waals surface area contributed by atoms with Crippen molar-refractivity contribution in [1.29, 1.82) is 0 Å². The fourth-order valence-corrected chi connectivity index (χ4v) is 8.29. The fourth-order valence-electron chi connectivity index (χ4n) is 7.11. The summed E-state index contributed by atoms with van der Waals surface area (Å²) in [7, 11) is 1.63. The molecule has 2 N–H and O–H groups in total. The summed E-state index contributed by atoms with van der Waals surface area (Å²) in [5.41, 5.74) is 2.88. The van der Waals surface area contributed by atoms with Gasteiger partial charge in [0.2, 0.25) is 5.91 Å². The number of nitrogens with one attached hydrogen (secondary N) is 2. The first kappa shape index (κ1) is 22.0. The first-order chi connectivity index (χ1) is 16.5. The molecule has 5 nitrogen and oxygen atoms in total. The van der Waals surface area contributed by atoms with Crippen molar-refractivity contribution in [2.24, 2.45) is 23.2 Å². The maximum absolute atomic E-state index is 13.0. The Hall–Kier alpha value is -2.51. The van der Waals surface area contributed by atoms with Gasteiger partial charge >= 0.3 is 0 Å². The molecule has 0 aliphatic heterocycles. The number of ether oxygens (including phenoxy) is 1. The van der Waals surface area contributed by atoms with E-state index in [1.807, 2.05) is 36.4 Å². The highest BCUT2D eigenvalue weighted by Crippen LogP contribution is 2.61. The van der Waals surface area contributed by atoms with Crippen molar-refractivity contribution in [3.05, 3.63) is 42.5 Å². The Morgan fingerprint density at radius 1 is 1.12 bits per heavy atom. The van der Waals surface area contributed by atoms with Crippen LogP contribution in [-0.4, -0.2) is 23.1 Å². The van der Waals surface area contributed by atoms with Gasteiger partial charge in [0.05, 0.1) is 23.0 Å². The second-order valence-corrected chi connectivity index (χ2v) is 11.9. The van der Waals surface area contributed by atoms with Crippen LogP contribution in [0.1, 0.15) is 44.9 Å². The Morgan fingerprint density at radius 2 is 1.82 bits per heavy atom. The zero-order valence-electron chi connectivity index (χ0n) is 19.3. The van der Waals surface area contributed by atoms with Crippen LogP contribution >= 0.6 is 23.6 Å². The van der Waals surface area contributed by atoms with Crippen molar-refractivity contribution in [2.75, 3.05) is 12.4 Å². The van der Waals surface area contributed by atoms with Crippen molar-refractivity contribution in [3.63, 3.8) is 0 Å². The molecule has 0 saturated heterocycles. The number of benzene rings is 2. The van der Waals surface area contributed by atoms with Gasteiger partial charge in [0.25, 0.3) is 0 Å². The summed E-state index contributed by atoms with van der Waals surface area (Å²) >= 11 is 7.18. The number of anilines is 1. The third-order valence-electron chi connectivity index (χ3n) is 7.94. The van der Waals surface area contributed by atoms with E-state index in [0.717, 1.165) is 44.2 Å². The van der Waals surface area contributed by atoms with Crippen LogP contribution in [0.15, 0.2) is 42.5 Å². The van der Waals surface area contributed by atoms with Gasteiger partial charge in [-0.15, -0.1) is 11.3 Å². The lowest BCUT2D eigenvalue weighted by molar-refractivity contribution is -0.127. The highest BCUT2D eigenvalue weighted by molar-refractivity contribution is 7.80. The molecule has 4 aliphatic rings. The summed E-state index contributed by atoms with van der Waals surface area (Å²) in [5, 5.41) is 7.39. The number of hydrogen-bond acceptors (Lipinski definition) is 5. The summed E-state index contributed by atoms with van der Waals surface area (Å²) in [6.07, 6.45) is 8.37. The molecule has 0 radical (unpaired) electrons. The zero-order chi connectivity index (χ0) is 23.3. The molecule has 7 heteroatoms. The second kappa shape index (κ2) is 8.61. The van der Waals surface area contributed by atoms with Crippen LogP contribution in [0.5, 0.6) is 5.75 Å². The number of hydrogen-bond donors (Lipinski definition) is 2. The lowest BCUT2D eigenvalue weighted by atomic mass is 9.49. The number of carbonyl (C=O) groups excluding carboxylic acids is 1. The summed E-state index contributed by atoms with van der Waals surface area (Å²) < 4.78 is 6.69. The third-order valence-corrected chi connectivity index (χ3v) is 9.23. The Morgan fingerprint density at radius 3 is 2.50 bits per heavy atom. The maximum Gasteiger partial charge on any atom is 0.226 e. The number of amides is 1. The van der Waals surface area contributed by atoms with E-state index in [4.69, 9.17) is 21.9 Å². The molecule has 34 heavy (non-hydrogen) atoms. The number of rotatable bonds is 5. The van der Waals surface area contributed by atoms with E-state index < -0.39 is 0 Å². The quantitative estimate of drug-likeness (QED) is 0.405. The number of aromatic nitrogens is 1. The molecule has 1 aromatic heterocycles. The average molecular weight is 492 g/mol. The maximum atomic E-state index is 13.0. The van der Waals surface area contributed by atoms with Gasteiger partial charge in [0.15, 0.2) is 5.11 Å². The Balaban J connectivity index is 1.15. The van der Waals surface area contributed by atoms with Crippen LogP contribution in [0.4, 0.5) is 5.69 Å². The molecule has 0 spiro atoms. The van der Waals surface area contributed by atoms with Crippen molar-refractivity contribution in [3.8, 4) is 16.3 Å². The molecule has 4 bridgehead atoms. The molecule has 0 unspecified atom stereocenters. The normalized spacial score (nSPS) is 27.0. The van der Waals surface area contributed by atoms with Crippen LogP contribution in [0, 0.1) is 23.2 Å². The Bertz CT molecular complexity index is 1200. The molecule has 2 aromatic carbocycles. The highest BCUT2D eigenvalue weighted by atomic mass is 32.1. The minimum absolute atomic E-state index is 0.0285. The van der Waals surface area contributed by atoms with Gasteiger partial charge in [-0.2, -0.15) is 0 Å². The van der Waals surface area contributed by atoms with Gasteiger partial charge in [-0.25, -0.2) is 4.98 Å². The number of para-hydroxylation sites is 1. The zero-order valence-corrected chi connectivity index (χ0v) is 20.9. The number of carbonyl (C=O) groups is 1. The van der Waals surface area contributed by atoms with Gasteiger partial charge in [-0.3, -0.25) is 4.79 Å². The van der Waals surface area contributed by atoms with E-state index in [9.17, 15) is 4.79 Å². The highest BCUT2D eigenvalue weighted by Gasteiger charge is 2.51. The number of methoxy groups -OCH3 is 1. The first-order valence-electron chi connectivity index (χ1n) is 12.1. The number of nitrogens with zero attached hydrogens (tertiary/aromatic N) is 1. The van der Waals surface area contributed by atoms with Crippen molar-refractivity contribution in [2.45, 2.75) is 44.9 Å². The molecule has 1 amide bonds. The molecule has 4 saturated carbocycles. The van der Waals surface area contributed by atoms with Gasteiger partial charge in [0.1, 0.15) is 10.8 Å². The standard InChI is InChI=1S/C27H29N3O2S2/c1-32-22-7-6-19(25-28-20-4-2-3-5-23(20)34-25)11-21(22)29-26(33)30-24(31)15-27-12-16-8-17(13-27)10-18(9-16)14-27/h2-7,11,16-18H,8-10,12-15H2,1H3,(H2,29,30,31,33). The van der Waals surface area contributed by atoms with E-state index in [0.29, 0.717) is 17.3 Å². The fraction of sp³-hybridized carbons (Fsp3) is 0.444. The average Bonchev–Trinajstić information content (AvgIpc) is 3.22. The Labute approximate surface area is 209 Å². The largest absolute Gasteiger partial charge is 0.495 e. The van der Waals surface area contributed by atoms with Crippen molar-refractivity contribution >= 4 is 50.5 Å². The lowest BCUT2D eigenvalue weighted by Crippen LogP contribution is -2.48. The molecule has 4 aliphatic carbocycles. The molecule has 4 fully saturated rings. The van der Waals surface area contributed by atoms with Gasteiger partial charge in [-0.05, 0) is 104 Å². The number of fused-ring (bicyclic) bond motifs is 1. The molecular weight excluding hydrogens is 462 g/mol. The predicted octanol–water partition coefficient (Wildman–Crippen LogP) is 6.39. The molecule has 1 heterocycles. The number of thiocarbonyl (C=S) groups is 1. The van der Waals surface area contributed by atoms with Crippen LogP contribution in [0.25, 0.3) is 20.8 Å². The van der Waals surface area contributed by atoms with Crippen LogP contribution in [0.3, 0.4) is 0 Å². The van der Waals surface area contributed by atoms with Crippen molar-refractivity contribution < 1.29 is 9.53 Å². The summed E-state index contributed by atoms with van der Waals surface area (Å²) in [6.45, 7) is 0. The van der Waals surface area contributed by atoms with E-state index in [2.05, 4.69) is 16.7 Å². The second-order valence-electron chi connectivity index (χ2n) is 10.5. The summed E-state index contributed by atoms with van der Waals surface area (Å²) in [5.74, 6) is 3.19. The molecule has 0 atom stereocenters. The third kappa shape index (κ3) is 4.20. The van der Waals surface area contributed by atoms with Gasteiger partial charge in [0, 0.05) is 12.0 Å². The van der Waals surface area contributed by atoms with Crippen LogP contribution < -0.4 is 15.4 Å². The van der Waals surface area contributed by atoms with Gasteiger partial charge < -0.3 is 15.4 Å². The summed E-state index contributed by atoms with van der Waals surface area (Å²) in [4.78, 5) is 17.8. The molecular formula is C27H29N3O2S2. The minimum atomic E-state index is 0.0285. The van der Waals surface area contributed by atoms with Crippen LogP contribution in [0.2, 0.25) is 0 Å². The van der Waals surface area contributed by atoms with E-state index >= 15 is 0 Å².